The number of nitrogens with two attached hydrogens (primary N) is 1. The van der Waals surface area contributed by atoms with Crippen molar-refractivity contribution in [1.82, 2.24) is 4.98 Å². The van der Waals surface area contributed by atoms with Crippen LogP contribution in [0.3, 0.4) is 0 Å². The van der Waals surface area contributed by atoms with Crippen molar-refractivity contribution in [3.05, 3.63) is 22.0 Å². The van der Waals surface area contributed by atoms with Crippen LogP contribution in [0.1, 0.15) is 5.89 Å². The maximum atomic E-state index is 5.90. The Kier molecular flexibility index (Phi) is 1.86. The topological polar surface area (TPSA) is 52.0 Å². The minimum Gasteiger partial charge on any atom is -0.439 e. The highest BCUT2D eigenvalue weighted by Gasteiger charge is 2.12. The summed E-state index contributed by atoms with van der Waals surface area (Å²) in [7, 11) is 0. The van der Waals surface area contributed by atoms with Gasteiger partial charge in [0.2, 0.25) is 0 Å². The number of halogens is 2. The minimum absolute atomic E-state index is 0.322. The van der Waals surface area contributed by atoms with Gasteiger partial charge in [0.25, 0.3) is 0 Å². The van der Waals surface area contributed by atoms with Crippen LogP contribution in [0, 0.1) is 6.92 Å². The molecule has 0 atom stereocenters. The van der Waals surface area contributed by atoms with E-state index in [1.54, 1.807) is 13.0 Å². The van der Waals surface area contributed by atoms with Crippen LogP contribution < -0.4 is 5.73 Å². The lowest BCUT2D eigenvalue weighted by Gasteiger charge is -1.99. The number of fused-ring (bicyclic) bond motifs is 1. The Balaban J connectivity index is 2.92. The molecule has 0 aliphatic carbocycles. The molecule has 2 rings (SSSR count). The van der Waals surface area contributed by atoms with Crippen molar-refractivity contribution in [1.29, 1.82) is 0 Å². The molecule has 0 unspecified atom stereocenters. The average Bonchev–Trinajstić information content (AvgIpc) is 2.42. The molecular weight excluding hydrogens is 211 g/mol. The lowest BCUT2D eigenvalue weighted by Crippen LogP contribution is -1.87. The van der Waals surface area contributed by atoms with E-state index in [2.05, 4.69) is 4.98 Å². The van der Waals surface area contributed by atoms with Gasteiger partial charge in [-0.2, -0.15) is 0 Å². The zero-order chi connectivity index (χ0) is 9.59. The zero-order valence-electron chi connectivity index (χ0n) is 6.77. The molecule has 1 aromatic carbocycles. The van der Waals surface area contributed by atoms with Gasteiger partial charge in [-0.3, -0.25) is 0 Å². The predicted molar refractivity (Wildman–Crippen MR) is 53.2 cm³/mol. The molecule has 0 amide bonds. The van der Waals surface area contributed by atoms with E-state index >= 15 is 0 Å². The van der Waals surface area contributed by atoms with Gasteiger partial charge in [0.15, 0.2) is 11.5 Å². The molecule has 0 aliphatic heterocycles. The van der Waals surface area contributed by atoms with Crippen molar-refractivity contribution in [3.63, 3.8) is 0 Å². The van der Waals surface area contributed by atoms with Gasteiger partial charge in [-0.05, 0) is 6.07 Å². The van der Waals surface area contributed by atoms with Crippen LogP contribution in [0.4, 0.5) is 5.69 Å². The first-order valence-electron chi connectivity index (χ1n) is 3.60. The number of benzene rings is 1. The molecule has 13 heavy (non-hydrogen) atoms. The Morgan fingerprint density at radius 2 is 2.15 bits per heavy atom. The molecule has 1 aromatic heterocycles. The predicted octanol–water partition coefficient (Wildman–Crippen LogP) is 3.03. The fourth-order valence-corrected chi connectivity index (χ4v) is 1.61. The highest BCUT2D eigenvalue weighted by molar-refractivity contribution is 6.42. The summed E-state index contributed by atoms with van der Waals surface area (Å²) in [4.78, 5) is 4.08. The molecule has 0 saturated heterocycles. The first-order valence-corrected chi connectivity index (χ1v) is 4.36. The summed E-state index contributed by atoms with van der Waals surface area (Å²) < 4.78 is 5.25. The largest absolute Gasteiger partial charge is 0.439 e. The summed E-state index contributed by atoms with van der Waals surface area (Å²) in [6, 6.07) is 1.63. The van der Waals surface area contributed by atoms with E-state index in [1.165, 1.54) is 0 Å². The van der Waals surface area contributed by atoms with E-state index in [0.29, 0.717) is 32.7 Å². The highest BCUT2D eigenvalue weighted by Crippen LogP contribution is 2.35. The summed E-state index contributed by atoms with van der Waals surface area (Å²) in [5, 5.41) is 0.717. The molecule has 3 nitrogen and oxygen atoms in total. The summed E-state index contributed by atoms with van der Waals surface area (Å²) in [6.07, 6.45) is 0. The van der Waals surface area contributed by atoms with E-state index in [1.807, 2.05) is 0 Å². The Labute approximate surface area is 84.4 Å². The Hall–Kier alpha value is -0.930. The normalized spacial score (nSPS) is 11.0. The number of nitrogen functional groups attached to an aromatic ring is 1. The van der Waals surface area contributed by atoms with Crippen molar-refractivity contribution in [2.45, 2.75) is 6.92 Å². The molecule has 0 saturated carbocycles. The standard InChI is InChI=1S/C8H6Cl2N2O/c1-3-12-5-2-4(9)7(11)6(10)8(5)13-3/h2H,11H2,1H3. The third kappa shape index (κ3) is 1.24. The highest BCUT2D eigenvalue weighted by atomic mass is 35.5. The van der Waals surface area contributed by atoms with Crippen LogP contribution in [0.2, 0.25) is 10.0 Å². The van der Waals surface area contributed by atoms with Crippen molar-refractivity contribution in [2.24, 2.45) is 0 Å². The maximum Gasteiger partial charge on any atom is 0.192 e. The smallest absolute Gasteiger partial charge is 0.192 e. The van der Waals surface area contributed by atoms with Gasteiger partial charge in [-0.25, -0.2) is 4.98 Å². The molecule has 0 spiro atoms. The number of rotatable bonds is 0. The number of aromatic nitrogens is 1. The van der Waals surface area contributed by atoms with Crippen LogP contribution >= 0.6 is 23.2 Å². The molecule has 5 heteroatoms. The fourth-order valence-electron chi connectivity index (χ4n) is 1.12. The molecule has 0 aliphatic rings. The lowest BCUT2D eigenvalue weighted by molar-refractivity contribution is 0.561. The van der Waals surface area contributed by atoms with E-state index in [4.69, 9.17) is 33.4 Å². The maximum absolute atomic E-state index is 5.90. The van der Waals surface area contributed by atoms with Gasteiger partial charge in [-0.1, -0.05) is 23.2 Å². The summed E-state index contributed by atoms with van der Waals surface area (Å²) >= 11 is 11.7. The number of anilines is 1. The van der Waals surface area contributed by atoms with E-state index < -0.39 is 0 Å². The SMILES string of the molecule is Cc1nc2cc(Cl)c(N)c(Cl)c2o1. The lowest BCUT2D eigenvalue weighted by atomic mass is 10.3. The van der Waals surface area contributed by atoms with Crippen molar-refractivity contribution in [2.75, 3.05) is 5.73 Å². The number of hydrogen-bond donors (Lipinski definition) is 1. The van der Waals surface area contributed by atoms with Gasteiger partial charge in [0.05, 0.1) is 10.7 Å². The number of hydrogen-bond acceptors (Lipinski definition) is 3. The Morgan fingerprint density at radius 3 is 2.85 bits per heavy atom. The van der Waals surface area contributed by atoms with Crippen LogP contribution in [0.15, 0.2) is 10.5 Å². The quantitative estimate of drug-likeness (QED) is 0.690. The van der Waals surface area contributed by atoms with Gasteiger partial charge in [0, 0.05) is 6.92 Å². The first kappa shape index (κ1) is 8.66. The van der Waals surface area contributed by atoms with Crippen LogP contribution in [-0.4, -0.2) is 4.98 Å². The summed E-state index contributed by atoms with van der Waals surface area (Å²) in [6.45, 7) is 1.74. The Morgan fingerprint density at radius 1 is 1.46 bits per heavy atom. The first-order chi connectivity index (χ1) is 6.09. The summed E-state index contributed by atoms with van der Waals surface area (Å²) in [5.74, 6) is 0.540. The third-order valence-corrected chi connectivity index (χ3v) is 2.40. The van der Waals surface area contributed by atoms with Crippen molar-refractivity contribution in [3.8, 4) is 0 Å². The van der Waals surface area contributed by atoms with E-state index in [0.717, 1.165) is 0 Å². The van der Waals surface area contributed by atoms with Crippen LogP contribution in [0.25, 0.3) is 11.1 Å². The van der Waals surface area contributed by atoms with Gasteiger partial charge < -0.3 is 10.2 Å². The molecular formula is C8H6Cl2N2O. The second-order valence-corrected chi connectivity index (χ2v) is 3.45. The van der Waals surface area contributed by atoms with Crippen LogP contribution in [0.5, 0.6) is 0 Å². The third-order valence-electron chi connectivity index (χ3n) is 1.72. The second-order valence-electron chi connectivity index (χ2n) is 2.67. The van der Waals surface area contributed by atoms with Crippen LogP contribution in [-0.2, 0) is 0 Å². The van der Waals surface area contributed by atoms with Crippen molar-refractivity contribution < 1.29 is 4.42 Å². The fraction of sp³-hybridized carbons (Fsp3) is 0.125. The monoisotopic (exact) mass is 216 g/mol. The van der Waals surface area contributed by atoms with E-state index in [-0.39, 0.29) is 0 Å². The van der Waals surface area contributed by atoms with Gasteiger partial charge in [0.1, 0.15) is 10.5 Å². The number of nitrogens with zero attached hydrogens (tertiary/aromatic N) is 1. The molecule has 0 radical (unpaired) electrons. The number of oxazole rings is 1. The van der Waals surface area contributed by atoms with Gasteiger partial charge in [-0.15, -0.1) is 0 Å². The molecule has 0 fully saturated rings. The van der Waals surface area contributed by atoms with E-state index in [9.17, 15) is 0 Å². The number of aryl methyl sites for hydroxylation is 1. The second kappa shape index (κ2) is 2.79. The molecule has 68 valence electrons. The molecule has 0 bridgehead atoms. The molecule has 2 N–H and O–H groups in total. The zero-order valence-corrected chi connectivity index (χ0v) is 8.28. The average molecular weight is 217 g/mol. The molecule has 2 aromatic rings. The minimum atomic E-state index is 0.322. The molecule has 1 heterocycles. The summed E-state index contributed by atoms with van der Waals surface area (Å²) in [5.41, 5.74) is 7.05. The van der Waals surface area contributed by atoms with Gasteiger partial charge >= 0.3 is 0 Å². The van der Waals surface area contributed by atoms with Crippen molar-refractivity contribution >= 4 is 40.0 Å². The Bertz CT molecular complexity index is 478.